The number of aliphatic carboxylic acids is 1. The SMILES string of the molecule is C=CCNCc1ccc(F)c(N(CCC)CCC(=O)O)c1. The summed E-state index contributed by atoms with van der Waals surface area (Å²) >= 11 is 0. The standard InChI is InChI=1S/C16H23FN2O2/c1-3-8-18-12-13-5-6-14(17)15(11-13)19(9-4-2)10-7-16(20)21/h3,5-6,11,18H,1,4,7-10,12H2,2H3,(H,20,21). The molecule has 0 atom stereocenters. The van der Waals surface area contributed by atoms with E-state index in [4.69, 9.17) is 5.11 Å². The molecule has 2 N–H and O–H groups in total. The van der Waals surface area contributed by atoms with Gasteiger partial charge in [0, 0.05) is 26.2 Å². The Kier molecular flexibility index (Phi) is 7.46. The highest BCUT2D eigenvalue weighted by atomic mass is 19.1. The number of hydrogen-bond donors (Lipinski definition) is 2. The van der Waals surface area contributed by atoms with Crippen molar-refractivity contribution >= 4 is 11.7 Å². The molecule has 0 saturated carbocycles. The Morgan fingerprint density at radius 1 is 1.48 bits per heavy atom. The molecule has 116 valence electrons. The number of carboxylic acids is 1. The van der Waals surface area contributed by atoms with Gasteiger partial charge in [-0.25, -0.2) is 4.39 Å². The van der Waals surface area contributed by atoms with E-state index in [1.807, 2.05) is 6.92 Å². The zero-order valence-electron chi connectivity index (χ0n) is 12.4. The van der Waals surface area contributed by atoms with E-state index >= 15 is 0 Å². The number of nitrogens with zero attached hydrogens (tertiary/aromatic N) is 1. The fraction of sp³-hybridized carbons (Fsp3) is 0.438. The lowest BCUT2D eigenvalue weighted by atomic mass is 10.1. The van der Waals surface area contributed by atoms with Crippen LogP contribution in [0.15, 0.2) is 30.9 Å². The minimum atomic E-state index is -0.875. The van der Waals surface area contributed by atoms with E-state index in [2.05, 4.69) is 11.9 Å². The number of carboxylic acid groups (broad SMARTS) is 1. The Morgan fingerprint density at radius 3 is 2.86 bits per heavy atom. The summed E-state index contributed by atoms with van der Waals surface area (Å²) in [6, 6.07) is 4.95. The molecule has 0 aliphatic rings. The third kappa shape index (κ3) is 5.95. The first-order valence-electron chi connectivity index (χ1n) is 7.15. The predicted octanol–water partition coefficient (Wildman–Crippen LogP) is 2.79. The molecule has 4 nitrogen and oxygen atoms in total. The number of carbonyl (C=O) groups is 1. The first kappa shape index (κ1) is 17.2. The summed E-state index contributed by atoms with van der Waals surface area (Å²) in [6.45, 7) is 7.87. The van der Waals surface area contributed by atoms with Crippen LogP contribution >= 0.6 is 0 Å². The highest BCUT2D eigenvalue weighted by molar-refractivity contribution is 5.67. The van der Waals surface area contributed by atoms with Crippen LogP contribution in [-0.2, 0) is 11.3 Å². The van der Waals surface area contributed by atoms with E-state index in [9.17, 15) is 9.18 Å². The van der Waals surface area contributed by atoms with Crippen LogP contribution in [0.4, 0.5) is 10.1 Å². The minimum absolute atomic E-state index is 0.00161. The lowest BCUT2D eigenvalue weighted by Gasteiger charge is -2.24. The van der Waals surface area contributed by atoms with E-state index < -0.39 is 5.97 Å². The summed E-state index contributed by atoms with van der Waals surface area (Å²) in [7, 11) is 0. The summed E-state index contributed by atoms with van der Waals surface area (Å²) in [5.74, 6) is -1.19. The van der Waals surface area contributed by atoms with Crippen LogP contribution in [0, 0.1) is 5.82 Å². The van der Waals surface area contributed by atoms with Gasteiger partial charge in [0.05, 0.1) is 12.1 Å². The maximum Gasteiger partial charge on any atom is 0.305 e. The summed E-state index contributed by atoms with van der Waals surface area (Å²) in [5.41, 5.74) is 1.43. The molecule has 0 spiro atoms. The van der Waals surface area contributed by atoms with Gasteiger partial charge in [-0.2, -0.15) is 0 Å². The molecule has 0 saturated heterocycles. The Balaban J connectivity index is 2.86. The monoisotopic (exact) mass is 294 g/mol. The smallest absolute Gasteiger partial charge is 0.305 e. The van der Waals surface area contributed by atoms with Crippen LogP contribution in [-0.4, -0.2) is 30.7 Å². The van der Waals surface area contributed by atoms with Crippen molar-refractivity contribution in [3.05, 3.63) is 42.2 Å². The second kappa shape index (κ2) is 9.13. The maximum atomic E-state index is 14.0. The lowest BCUT2D eigenvalue weighted by Crippen LogP contribution is -2.28. The summed E-state index contributed by atoms with van der Waals surface area (Å²) in [6.07, 6.45) is 2.59. The highest BCUT2D eigenvalue weighted by Gasteiger charge is 2.13. The molecule has 21 heavy (non-hydrogen) atoms. The van der Waals surface area contributed by atoms with E-state index in [1.165, 1.54) is 6.07 Å². The van der Waals surface area contributed by atoms with Crippen LogP contribution < -0.4 is 10.2 Å². The van der Waals surface area contributed by atoms with Crippen molar-refractivity contribution in [1.82, 2.24) is 5.32 Å². The van der Waals surface area contributed by atoms with Crippen molar-refractivity contribution in [1.29, 1.82) is 0 Å². The molecule has 0 aliphatic carbocycles. The van der Waals surface area contributed by atoms with Gasteiger partial charge in [-0.1, -0.05) is 19.1 Å². The molecule has 1 rings (SSSR count). The number of rotatable bonds is 10. The van der Waals surface area contributed by atoms with E-state index in [1.54, 1.807) is 23.1 Å². The number of nitrogens with one attached hydrogen (secondary N) is 1. The molecule has 5 heteroatoms. The average molecular weight is 294 g/mol. The fourth-order valence-corrected chi connectivity index (χ4v) is 2.08. The van der Waals surface area contributed by atoms with Crippen molar-refractivity contribution in [2.24, 2.45) is 0 Å². The van der Waals surface area contributed by atoms with Crippen LogP contribution in [0.3, 0.4) is 0 Å². The average Bonchev–Trinajstić information content (AvgIpc) is 2.45. The van der Waals surface area contributed by atoms with Crippen LogP contribution in [0.1, 0.15) is 25.3 Å². The summed E-state index contributed by atoms with van der Waals surface area (Å²) in [4.78, 5) is 12.5. The highest BCUT2D eigenvalue weighted by Crippen LogP contribution is 2.22. The second-order valence-electron chi connectivity index (χ2n) is 4.84. The van der Waals surface area contributed by atoms with Gasteiger partial charge in [-0.05, 0) is 24.1 Å². The molecule has 0 fully saturated rings. The minimum Gasteiger partial charge on any atom is -0.481 e. The summed E-state index contributed by atoms with van der Waals surface area (Å²) < 4.78 is 14.0. The van der Waals surface area contributed by atoms with Crippen molar-refractivity contribution in [3.8, 4) is 0 Å². The predicted molar refractivity (Wildman–Crippen MR) is 83.1 cm³/mol. The molecule has 0 bridgehead atoms. The maximum absolute atomic E-state index is 14.0. The first-order chi connectivity index (χ1) is 10.1. The molecule has 0 heterocycles. The zero-order valence-corrected chi connectivity index (χ0v) is 12.4. The fourth-order valence-electron chi connectivity index (χ4n) is 2.08. The van der Waals surface area contributed by atoms with Gasteiger partial charge in [-0.3, -0.25) is 4.79 Å². The number of benzene rings is 1. The molecule has 0 amide bonds. The molecule has 1 aromatic rings. The van der Waals surface area contributed by atoms with Crippen molar-refractivity contribution in [2.75, 3.05) is 24.5 Å². The van der Waals surface area contributed by atoms with Gasteiger partial charge in [-0.15, -0.1) is 6.58 Å². The van der Waals surface area contributed by atoms with Gasteiger partial charge in [0.15, 0.2) is 0 Å². The number of anilines is 1. The van der Waals surface area contributed by atoms with Crippen LogP contribution in [0.25, 0.3) is 0 Å². The Labute approximate surface area is 125 Å². The van der Waals surface area contributed by atoms with Gasteiger partial charge < -0.3 is 15.3 Å². The third-order valence-electron chi connectivity index (χ3n) is 3.06. The molecular weight excluding hydrogens is 271 g/mol. The molecule has 0 radical (unpaired) electrons. The van der Waals surface area contributed by atoms with Gasteiger partial charge in [0.2, 0.25) is 0 Å². The number of hydrogen-bond acceptors (Lipinski definition) is 3. The first-order valence-corrected chi connectivity index (χ1v) is 7.15. The molecule has 0 unspecified atom stereocenters. The Morgan fingerprint density at radius 2 is 2.24 bits per heavy atom. The zero-order chi connectivity index (χ0) is 15.7. The van der Waals surface area contributed by atoms with E-state index in [0.29, 0.717) is 31.9 Å². The van der Waals surface area contributed by atoms with E-state index in [0.717, 1.165) is 12.0 Å². The molecular formula is C16H23FN2O2. The molecule has 0 aromatic heterocycles. The van der Waals surface area contributed by atoms with Crippen molar-refractivity contribution in [3.63, 3.8) is 0 Å². The van der Waals surface area contributed by atoms with Gasteiger partial charge in [0.25, 0.3) is 0 Å². The Bertz CT molecular complexity index is 477. The second-order valence-corrected chi connectivity index (χ2v) is 4.84. The topological polar surface area (TPSA) is 52.6 Å². The Hall–Kier alpha value is -1.88. The van der Waals surface area contributed by atoms with Gasteiger partial charge >= 0.3 is 5.97 Å². The molecule has 1 aromatic carbocycles. The van der Waals surface area contributed by atoms with E-state index in [-0.39, 0.29) is 12.2 Å². The van der Waals surface area contributed by atoms with Crippen molar-refractivity contribution < 1.29 is 14.3 Å². The number of halogens is 1. The van der Waals surface area contributed by atoms with Gasteiger partial charge in [0.1, 0.15) is 5.82 Å². The third-order valence-corrected chi connectivity index (χ3v) is 3.06. The normalized spacial score (nSPS) is 10.4. The molecule has 0 aliphatic heterocycles. The van der Waals surface area contributed by atoms with Crippen LogP contribution in [0.2, 0.25) is 0 Å². The summed E-state index contributed by atoms with van der Waals surface area (Å²) in [5, 5.41) is 12.0. The lowest BCUT2D eigenvalue weighted by molar-refractivity contribution is -0.136. The van der Waals surface area contributed by atoms with Crippen molar-refractivity contribution in [2.45, 2.75) is 26.3 Å². The largest absolute Gasteiger partial charge is 0.481 e. The van der Waals surface area contributed by atoms with Crippen LogP contribution in [0.5, 0.6) is 0 Å². The quantitative estimate of drug-likeness (QED) is 0.514.